The Morgan fingerprint density at radius 3 is 0.986 bits per heavy atom. The molecule has 0 aliphatic heterocycles. The molecule has 0 bridgehead atoms. The van der Waals surface area contributed by atoms with E-state index in [2.05, 4.69) is 99.8 Å². The van der Waals surface area contributed by atoms with Gasteiger partial charge in [-0.1, -0.05) is 260 Å². The van der Waals surface area contributed by atoms with Crippen LogP contribution in [0, 0.1) is 0 Å². The molecule has 1 atom stereocenters. The summed E-state index contributed by atoms with van der Waals surface area (Å²) in [7, 11) is 0. The van der Waals surface area contributed by atoms with Crippen molar-refractivity contribution in [1.82, 2.24) is 0 Å². The summed E-state index contributed by atoms with van der Waals surface area (Å²) in [5.41, 5.74) is 0. The highest BCUT2D eigenvalue weighted by molar-refractivity contribution is 5.71. The second kappa shape index (κ2) is 57.2. The number of esters is 3. The molecule has 0 aliphatic carbocycles. The molecule has 0 aromatic rings. The zero-order valence-corrected chi connectivity index (χ0v) is 45.3. The van der Waals surface area contributed by atoms with Crippen molar-refractivity contribution in [3.8, 4) is 0 Å². The van der Waals surface area contributed by atoms with E-state index in [1.165, 1.54) is 141 Å². The Morgan fingerprint density at radius 1 is 0.304 bits per heavy atom. The topological polar surface area (TPSA) is 78.9 Å². The Labute approximate surface area is 426 Å². The standard InChI is InChI=1S/C63H108O6/c1-4-7-10-13-16-19-22-25-27-29-31-33-35-38-41-44-47-50-53-56-62(65)68-59-60(58-67-61(64)55-52-49-46-43-40-37-24-21-18-15-12-9-6-3)69-63(66)57-54-51-48-45-42-39-36-34-32-30-28-26-23-20-17-14-11-8-5-2/h7,10,16,19,25,27,31,33,37-38,40-41,46,49,60H,4-6,8-9,11-15,17-18,20-24,26,28-30,32,34-36,39,42-45,47-48,50-59H2,1-3H3/b10-7+,19-16+,27-25+,33-31+,40-37+,41-38+,49-46+. The Hall–Kier alpha value is -3.41. The lowest BCUT2D eigenvalue weighted by atomic mass is 10.0. The zero-order chi connectivity index (χ0) is 50.0. The molecule has 0 N–H and O–H groups in total. The first-order chi connectivity index (χ1) is 34.0. The third-order valence-corrected chi connectivity index (χ3v) is 12.4. The van der Waals surface area contributed by atoms with E-state index >= 15 is 0 Å². The molecule has 0 aliphatic rings. The number of carbonyl (C=O) groups excluding carboxylic acids is 3. The van der Waals surface area contributed by atoms with E-state index in [0.29, 0.717) is 19.3 Å². The van der Waals surface area contributed by atoms with Gasteiger partial charge in [-0.15, -0.1) is 0 Å². The minimum atomic E-state index is -0.812. The number of unbranched alkanes of at least 4 members (excludes halogenated alkanes) is 27. The lowest BCUT2D eigenvalue weighted by Crippen LogP contribution is -2.30. The largest absolute Gasteiger partial charge is 0.462 e. The molecule has 0 amide bonds. The highest BCUT2D eigenvalue weighted by Crippen LogP contribution is 2.16. The monoisotopic (exact) mass is 961 g/mol. The lowest BCUT2D eigenvalue weighted by Gasteiger charge is -2.18. The molecule has 0 saturated carbocycles. The van der Waals surface area contributed by atoms with Crippen molar-refractivity contribution in [2.75, 3.05) is 13.2 Å². The van der Waals surface area contributed by atoms with E-state index in [-0.39, 0.29) is 37.5 Å². The Balaban J connectivity index is 4.45. The predicted octanol–water partition coefficient (Wildman–Crippen LogP) is 19.5. The molecule has 6 nitrogen and oxygen atoms in total. The van der Waals surface area contributed by atoms with Crippen LogP contribution in [0.3, 0.4) is 0 Å². The molecular weight excluding hydrogens is 853 g/mol. The Kier molecular flexibility index (Phi) is 54.3. The molecule has 69 heavy (non-hydrogen) atoms. The highest BCUT2D eigenvalue weighted by atomic mass is 16.6. The summed E-state index contributed by atoms with van der Waals surface area (Å²) in [6, 6.07) is 0. The van der Waals surface area contributed by atoms with Gasteiger partial charge in [-0.3, -0.25) is 14.4 Å². The van der Waals surface area contributed by atoms with E-state index in [9.17, 15) is 14.4 Å². The van der Waals surface area contributed by atoms with Gasteiger partial charge in [0.2, 0.25) is 0 Å². The van der Waals surface area contributed by atoms with Crippen LogP contribution < -0.4 is 0 Å². The van der Waals surface area contributed by atoms with E-state index in [1.54, 1.807) is 0 Å². The first kappa shape index (κ1) is 65.6. The SMILES string of the molecule is CC/C=C/C/C=C/C/C=C/C/C=C/C/C=C/CCCCCC(=O)OCC(COC(=O)CC/C=C/C/C=C/CCCCCCCC)OC(=O)CCCCCCCCCCCCCCCCCCCCC. The van der Waals surface area contributed by atoms with Crippen LogP contribution >= 0.6 is 0 Å². The second-order valence-corrected chi connectivity index (χ2v) is 19.2. The van der Waals surface area contributed by atoms with E-state index in [0.717, 1.165) is 89.9 Å². The van der Waals surface area contributed by atoms with Crippen LogP contribution in [0.5, 0.6) is 0 Å². The van der Waals surface area contributed by atoms with Crippen LogP contribution in [0.25, 0.3) is 0 Å². The molecule has 0 heterocycles. The van der Waals surface area contributed by atoms with E-state index in [4.69, 9.17) is 14.2 Å². The summed E-state index contributed by atoms with van der Waals surface area (Å²) in [6.07, 6.45) is 74.5. The maximum absolute atomic E-state index is 12.9. The van der Waals surface area contributed by atoms with Gasteiger partial charge in [-0.25, -0.2) is 0 Å². The Morgan fingerprint density at radius 2 is 0.594 bits per heavy atom. The maximum Gasteiger partial charge on any atom is 0.306 e. The van der Waals surface area contributed by atoms with Crippen LogP contribution in [0.1, 0.15) is 278 Å². The van der Waals surface area contributed by atoms with Gasteiger partial charge < -0.3 is 14.2 Å². The second-order valence-electron chi connectivity index (χ2n) is 19.2. The summed E-state index contributed by atoms with van der Waals surface area (Å²) in [5, 5.41) is 0. The average molecular weight is 962 g/mol. The molecule has 0 aromatic heterocycles. The number of hydrogen-bond donors (Lipinski definition) is 0. The number of carbonyl (C=O) groups is 3. The van der Waals surface area contributed by atoms with Crippen LogP contribution in [-0.4, -0.2) is 37.2 Å². The van der Waals surface area contributed by atoms with Crippen molar-refractivity contribution in [1.29, 1.82) is 0 Å². The Bertz CT molecular complexity index is 1330. The van der Waals surface area contributed by atoms with Gasteiger partial charge in [-0.05, 0) is 83.5 Å². The molecule has 0 saturated heterocycles. The third kappa shape index (κ3) is 55.4. The van der Waals surface area contributed by atoms with Gasteiger partial charge in [0.15, 0.2) is 6.10 Å². The molecule has 0 rings (SSSR count). The van der Waals surface area contributed by atoms with Crippen molar-refractivity contribution < 1.29 is 28.6 Å². The van der Waals surface area contributed by atoms with Crippen LogP contribution in [-0.2, 0) is 28.6 Å². The molecule has 396 valence electrons. The third-order valence-electron chi connectivity index (χ3n) is 12.4. The first-order valence-corrected chi connectivity index (χ1v) is 29.1. The van der Waals surface area contributed by atoms with Crippen LogP contribution in [0.4, 0.5) is 0 Å². The van der Waals surface area contributed by atoms with Crippen molar-refractivity contribution in [2.24, 2.45) is 0 Å². The normalized spacial score (nSPS) is 12.7. The van der Waals surface area contributed by atoms with Crippen LogP contribution in [0.2, 0.25) is 0 Å². The molecule has 0 fully saturated rings. The number of hydrogen-bond acceptors (Lipinski definition) is 6. The molecule has 0 radical (unpaired) electrons. The maximum atomic E-state index is 12.9. The summed E-state index contributed by atoms with van der Waals surface area (Å²) < 4.78 is 16.8. The lowest BCUT2D eigenvalue weighted by molar-refractivity contribution is -0.166. The molecule has 1 unspecified atom stereocenters. The summed E-state index contributed by atoms with van der Waals surface area (Å²) >= 11 is 0. The molecular formula is C63H108O6. The van der Waals surface area contributed by atoms with E-state index in [1.807, 2.05) is 6.08 Å². The van der Waals surface area contributed by atoms with Crippen molar-refractivity contribution in [3.05, 3.63) is 85.1 Å². The minimum Gasteiger partial charge on any atom is -0.462 e. The number of rotatable bonds is 52. The fraction of sp³-hybridized carbons (Fsp3) is 0.730. The van der Waals surface area contributed by atoms with Crippen molar-refractivity contribution in [3.63, 3.8) is 0 Å². The highest BCUT2D eigenvalue weighted by Gasteiger charge is 2.19. The van der Waals surface area contributed by atoms with Crippen LogP contribution in [0.15, 0.2) is 85.1 Å². The van der Waals surface area contributed by atoms with E-state index < -0.39 is 6.10 Å². The molecule has 0 aromatic carbocycles. The quantitative estimate of drug-likeness (QED) is 0.0262. The van der Waals surface area contributed by atoms with Crippen molar-refractivity contribution in [2.45, 2.75) is 284 Å². The molecule has 6 heteroatoms. The fourth-order valence-corrected chi connectivity index (χ4v) is 8.05. The zero-order valence-electron chi connectivity index (χ0n) is 45.3. The number of ether oxygens (including phenoxy) is 3. The summed E-state index contributed by atoms with van der Waals surface area (Å²) in [6.45, 7) is 6.46. The van der Waals surface area contributed by atoms with Gasteiger partial charge in [0.1, 0.15) is 13.2 Å². The average Bonchev–Trinajstić information content (AvgIpc) is 3.35. The predicted molar refractivity (Wildman–Crippen MR) is 297 cm³/mol. The van der Waals surface area contributed by atoms with Gasteiger partial charge in [0.05, 0.1) is 0 Å². The van der Waals surface area contributed by atoms with Gasteiger partial charge in [0, 0.05) is 19.3 Å². The first-order valence-electron chi connectivity index (χ1n) is 29.1. The van der Waals surface area contributed by atoms with Gasteiger partial charge in [-0.2, -0.15) is 0 Å². The van der Waals surface area contributed by atoms with Gasteiger partial charge in [0.25, 0.3) is 0 Å². The summed E-state index contributed by atoms with van der Waals surface area (Å²) in [4.78, 5) is 38.1. The number of allylic oxidation sites excluding steroid dienone is 14. The minimum absolute atomic E-state index is 0.109. The fourth-order valence-electron chi connectivity index (χ4n) is 8.05. The van der Waals surface area contributed by atoms with Crippen molar-refractivity contribution >= 4 is 17.9 Å². The molecule has 0 spiro atoms. The summed E-state index contributed by atoms with van der Waals surface area (Å²) in [5.74, 6) is -0.999. The smallest absolute Gasteiger partial charge is 0.306 e. The van der Waals surface area contributed by atoms with Gasteiger partial charge >= 0.3 is 17.9 Å².